The van der Waals surface area contributed by atoms with Crippen LogP contribution in [0.3, 0.4) is 0 Å². The zero-order valence-corrected chi connectivity index (χ0v) is 21.5. The van der Waals surface area contributed by atoms with Crippen LogP contribution in [0.15, 0.2) is 0 Å². The summed E-state index contributed by atoms with van der Waals surface area (Å²) in [5, 5.41) is 3.69. The van der Waals surface area contributed by atoms with Crippen molar-refractivity contribution >= 4 is 34.0 Å². The Morgan fingerprint density at radius 2 is 1.88 bits per heavy atom. The number of hydrogen-bond acceptors (Lipinski definition) is 7. The number of likely N-dealkylation sites (tertiary alicyclic amines) is 1. The van der Waals surface area contributed by atoms with Crippen molar-refractivity contribution < 1.29 is 9.59 Å². The van der Waals surface area contributed by atoms with Crippen LogP contribution in [0.25, 0.3) is 0 Å². The standard InChI is InChI=1S/C24H42N6O2S/c1-5-8-10-30(24(32)27-9-11-29(6-2)7-3)23(31)17-12-16-13-18-20(33-22(26)21(18)25)14-19(16)28(4)15-17/h16-17,19H,5-15,25-26H2,1-4H3,(H,27,32)/t16-,17-,19-/m1/s1. The molecule has 3 atom stereocenters. The van der Waals surface area contributed by atoms with Gasteiger partial charge in [-0.3, -0.25) is 9.69 Å². The predicted molar refractivity (Wildman–Crippen MR) is 136 cm³/mol. The van der Waals surface area contributed by atoms with E-state index in [0.29, 0.717) is 36.6 Å². The number of fused-ring (bicyclic) bond motifs is 2. The molecule has 0 aromatic carbocycles. The SMILES string of the molecule is CCCCN(C(=O)NCCN(CC)CC)C(=O)[C@@H]1C[C@@H]2Cc3c(sc(N)c3N)C[C@H]2N(C)C1. The van der Waals surface area contributed by atoms with Gasteiger partial charge in [-0.1, -0.05) is 27.2 Å². The smallest absolute Gasteiger partial charge is 0.324 e. The summed E-state index contributed by atoms with van der Waals surface area (Å²) >= 11 is 1.61. The lowest BCUT2D eigenvalue weighted by Crippen LogP contribution is -2.55. The molecule has 0 spiro atoms. The first-order valence-corrected chi connectivity index (χ1v) is 13.3. The molecule has 1 saturated heterocycles. The number of amides is 3. The molecule has 0 unspecified atom stereocenters. The van der Waals surface area contributed by atoms with E-state index in [1.165, 1.54) is 15.3 Å². The average Bonchev–Trinajstić information content (AvgIpc) is 3.08. The summed E-state index contributed by atoms with van der Waals surface area (Å²) < 4.78 is 0. The molecule has 1 aromatic rings. The number of nitrogens with two attached hydrogens (primary N) is 2. The summed E-state index contributed by atoms with van der Waals surface area (Å²) in [5.41, 5.74) is 14.2. The fraction of sp³-hybridized carbons (Fsp3) is 0.750. The van der Waals surface area contributed by atoms with E-state index in [-0.39, 0.29) is 17.9 Å². The number of carbonyl (C=O) groups is 2. The lowest BCUT2D eigenvalue weighted by molar-refractivity contribution is -0.136. The third-order valence-electron chi connectivity index (χ3n) is 7.42. The van der Waals surface area contributed by atoms with Crippen molar-refractivity contribution in [2.24, 2.45) is 11.8 Å². The van der Waals surface area contributed by atoms with Gasteiger partial charge in [-0.25, -0.2) is 4.79 Å². The molecule has 0 bridgehead atoms. The van der Waals surface area contributed by atoms with Gasteiger partial charge in [0.2, 0.25) is 5.91 Å². The van der Waals surface area contributed by atoms with Gasteiger partial charge in [-0.05, 0) is 57.3 Å². The van der Waals surface area contributed by atoms with Crippen molar-refractivity contribution in [3.05, 3.63) is 10.4 Å². The molecule has 186 valence electrons. The lowest BCUT2D eigenvalue weighted by Gasteiger charge is -2.45. The van der Waals surface area contributed by atoms with Gasteiger partial charge in [0.25, 0.3) is 0 Å². The summed E-state index contributed by atoms with van der Waals surface area (Å²) in [7, 11) is 2.10. The van der Waals surface area contributed by atoms with Crippen molar-refractivity contribution in [2.75, 3.05) is 57.8 Å². The number of piperidine rings is 1. The second-order valence-corrected chi connectivity index (χ2v) is 10.6. The molecule has 5 N–H and O–H groups in total. The van der Waals surface area contributed by atoms with Crippen LogP contribution in [0.4, 0.5) is 15.5 Å². The molecule has 33 heavy (non-hydrogen) atoms. The maximum Gasteiger partial charge on any atom is 0.324 e. The number of likely N-dealkylation sites (N-methyl/N-ethyl adjacent to an activating group) is 2. The van der Waals surface area contributed by atoms with Gasteiger partial charge in [-0.2, -0.15) is 0 Å². The molecule has 0 saturated carbocycles. The third-order valence-corrected chi connectivity index (χ3v) is 8.52. The Morgan fingerprint density at radius 1 is 1.15 bits per heavy atom. The summed E-state index contributed by atoms with van der Waals surface area (Å²) in [5.74, 6) is 0.123. The zero-order chi connectivity index (χ0) is 24.1. The van der Waals surface area contributed by atoms with E-state index in [2.05, 4.69) is 42.9 Å². The number of nitrogens with one attached hydrogen (secondary N) is 1. The summed E-state index contributed by atoms with van der Waals surface area (Å²) in [6, 6.07) is 0.136. The van der Waals surface area contributed by atoms with Crippen LogP contribution in [0.1, 0.15) is 50.5 Å². The fourth-order valence-electron chi connectivity index (χ4n) is 5.35. The van der Waals surface area contributed by atoms with Gasteiger partial charge < -0.3 is 26.6 Å². The van der Waals surface area contributed by atoms with Gasteiger partial charge in [0.15, 0.2) is 0 Å². The molecule has 1 aliphatic carbocycles. The number of anilines is 2. The summed E-state index contributed by atoms with van der Waals surface area (Å²) in [4.78, 5) is 33.9. The summed E-state index contributed by atoms with van der Waals surface area (Å²) in [6.45, 7) is 10.7. The molecule has 2 aliphatic rings. The van der Waals surface area contributed by atoms with Crippen LogP contribution in [0.5, 0.6) is 0 Å². The van der Waals surface area contributed by atoms with Gasteiger partial charge in [0, 0.05) is 37.1 Å². The van der Waals surface area contributed by atoms with E-state index in [1.807, 2.05) is 0 Å². The number of rotatable bonds is 9. The van der Waals surface area contributed by atoms with Crippen molar-refractivity contribution in [2.45, 2.75) is 58.9 Å². The Kier molecular flexibility index (Phi) is 9.01. The Bertz CT molecular complexity index is 824. The summed E-state index contributed by atoms with van der Waals surface area (Å²) in [6.07, 6.45) is 4.34. The Hall–Kier alpha value is -1.84. The quantitative estimate of drug-likeness (QED) is 0.504. The van der Waals surface area contributed by atoms with Crippen molar-refractivity contribution in [3.63, 3.8) is 0 Å². The first-order valence-electron chi connectivity index (χ1n) is 12.5. The number of thiophene rings is 1. The van der Waals surface area contributed by atoms with Gasteiger partial charge >= 0.3 is 6.03 Å². The first kappa shape index (κ1) is 25.8. The normalized spacial score (nSPS) is 22.6. The van der Waals surface area contributed by atoms with E-state index in [0.717, 1.165) is 57.4 Å². The molecule has 9 heteroatoms. The molecule has 1 fully saturated rings. The molecule has 1 aromatic heterocycles. The molecule has 3 amide bonds. The largest absolute Gasteiger partial charge is 0.396 e. The molecule has 2 heterocycles. The highest BCUT2D eigenvalue weighted by Gasteiger charge is 2.42. The number of nitrogens with zero attached hydrogens (tertiary/aromatic N) is 3. The van der Waals surface area contributed by atoms with Gasteiger partial charge in [-0.15, -0.1) is 11.3 Å². The van der Waals surface area contributed by atoms with E-state index in [9.17, 15) is 9.59 Å². The lowest BCUT2D eigenvalue weighted by atomic mass is 9.74. The zero-order valence-electron chi connectivity index (χ0n) is 20.7. The van der Waals surface area contributed by atoms with E-state index >= 15 is 0 Å². The number of unbranched alkanes of at least 4 members (excludes halogenated alkanes) is 1. The molecule has 8 nitrogen and oxygen atoms in total. The molecular weight excluding hydrogens is 436 g/mol. The highest BCUT2D eigenvalue weighted by molar-refractivity contribution is 7.16. The minimum atomic E-state index is -0.258. The van der Waals surface area contributed by atoms with Crippen molar-refractivity contribution in [1.82, 2.24) is 20.0 Å². The highest BCUT2D eigenvalue weighted by atomic mass is 32.1. The number of urea groups is 1. The number of nitrogen functional groups attached to an aromatic ring is 2. The predicted octanol–water partition coefficient (Wildman–Crippen LogP) is 2.63. The third kappa shape index (κ3) is 5.81. The molecule has 0 radical (unpaired) electrons. The number of hydrogen-bond donors (Lipinski definition) is 3. The minimum absolute atomic E-state index is 0.0438. The second kappa shape index (κ2) is 11.5. The molecule has 3 rings (SSSR count). The topological polar surface area (TPSA) is 108 Å². The second-order valence-electron chi connectivity index (χ2n) is 9.49. The minimum Gasteiger partial charge on any atom is -0.396 e. The fourth-order valence-corrected chi connectivity index (χ4v) is 6.42. The Morgan fingerprint density at radius 3 is 2.55 bits per heavy atom. The van der Waals surface area contributed by atoms with Crippen LogP contribution < -0.4 is 16.8 Å². The van der Waals surface area contributed by atoms with Gasteiger partial charge in [0.1, 0.15) is 5.00 Å². The van der Waals surface area contributed by atoms with Crippen LogP contribution >= 0.6 is 11.3 Å². The van der Waals surface area contributed by atoms with Crippen molar-refractivity contribution in [3.8, 4) is 0 Å². The van der Waals surface area contributed by atoms with Crippen LogP contribution in [-0.4, -0.2) is 79.0 Å². The van der Waals surface area contributed by atoms with E-state index in [1.54, 1.807) is 11.3 Å². The number of imide groups is 1. The van der Waals surface area contributed by atoms with Gasteiger partial charge in [0.05, 0.1) is 11.6 Å². The average molecular weight is 479 g/mol. The Balaban J connectivity index is 1.67. The van der Waals surface area contributed by atoms with Crippen LogP contribution in [-0.2, 0) is 17.6 Å². The maximum absolute atomic E-state index is 13.6. The Labute approximate surface area is 202 Å². The molecular formula is C24H42N6O2S. The van der Waals surface area contributed by atoms with E-state index < -0.39 is 0 Å². The van der Waals surface area contributed by atoms with E-state index in [4.69, 9.17) is 11.5 Å². The maximum atomic E-state index is 13.6. The van der Waals surface area contributed by atoms with Crippen LogP contribution in [0.2, 0.25) is 0 Å². The molecule has 1 aliphatic heterocycles. The highest BCUT2D eigenvalue weighted by Crippen LogP contribution is 2.44. The first-order chi connectivity index (χ1) is 15.8. The number of carbonyl (C=O) groups excluding carboxylic acids is 2. The van der Waals surface area contributed by atoms with Crippen LogP contribution in [0, 0.1) is 11.8 Å². The van der Waals surface area contributed by atoms with Crippen molar-refractivity contribution in [1.29, 1.82) is 0 Å². The monoisotopic (exact) mass is 478 g/mol.